The molecule has 1 fully saturated rings. The van der Waals surface area contributed by atoms with Crippen molar-refractivity contribution in [1.82, 2.24) is 4.90 Å². The second kappa shape index (κ2) is 6.85. The van der Waals surface area contributed by atoms with E-state index >= 15 is 0 Å². The van der Waals surface area contributed by atoms with Crippen LogP contribution in [0.25, 0.3) is 0 Å². The molecule has 1 aliphatic heterocycles. The summed E-state index contributed by atoms with van der Waals surface area (Å²) >= 11 is 0. The SMILES string of the molecule is Cc1ccc(C(=O)CCN2CCCC(C)C2)cc1C(=O)O. The molecule has 0 saturated carbocycles. The second-order valence-corrected chi connectivity index (χ2v) is 6.06. The molecule has 114 valence electrons. The third-order valence-electron chi connectivity index (χ3n) is 4.19. The lowest BCUT2D eigenvalue weighted by atomic mass is 9.98. The number of ketones is 1. The number of benzene rings is 1. The molecule has 21 heavy (non-hydrogen) atoms. The lowest BCUT2D eigenvalue weighted by Gasteiger charge is -2.30. The molecule has 0 aliphatic carbocycles. The third kappa shape index (κ3) is 4.14. The number of hydrogen-bond donors (Lipinski definition) is 1. The topological polar surface area (TPSA) is 57.6 Å². The monoisotopic (exact) mass is 289 g/mol. The van der Waals surface area contributed by atoms with E-state index < -0.39 is 5.97 Å². The van der Waals surface area contributed by atoms with Gasteiger partial charge in [0.1, 0.15) is 0 Å². The minimum Gasteiger partial charge on any atom is -0.478 e. The molecule has 1 N–H and O–H groups in total. The maximum atomic E-state index is 12.2. The number of aromatic carboxylic acids is 1. The normalized spacial score (nSPS) is 19.4. The highest BCUT2D eigenvalue weighted by Crippen LogP contribution is 2.17. The fourth-order valence-corrected chi connectivity index (χ4v) is 2.92. The molecule has 4 nitrogen and oxygen atoms in total. The van der Waals surface area contributed by atoms with Crippen molar-refractivity contribution in [2.24, 2.45) is 5.92 Å². The van der Waals surface area contributed by atoms with Crippen LogP contribution in [0.1, 0.15) is 52.5 Å². The van der Waals surface area contributed by atoms with Crippen molar-refractivity contribution in [3.63, 3.8) is 0 Å². The lowest BCUT2D eigenvalue weighted by molar-refractivity contribution is 0.0696. The predicted octanol–water partition coefficient (Wildman–Crippen LogP) is 3.00. The first-order valence-corrected chi connectivity index (χ1v) is 7.57. The second-order valence-electron chi connectivity index (χ2n) is 6.06. The summed E-state index contributed by atoms with van der Waals surface area (Å²) in [5, 5.41) is 9.12. The first kappa shape index (κ1) is 15.7. The van der Waals surface area contributed by atoms with Crippen LogP contribution in [0, 0.1) is 12.8 Å². The number of likely N-dealkylation sites (tertiary alicyclic amines) is 1. The molecule has 1 heterocycles. The van der Waals surface area contributed by atoms with Gasteiger partial charge >= 0.3 is 5.97 Å². The van der Waals surface area contributed by atoms with Crippen LogP contribution < -0.4 is 0 Å². The van der Waals surface area contributed by atoms with Crippen molar-refractivity contribution in [3.05, 3.63) is 34.9 Å². The van der Waals surface area contributed by atoms with Gasteiger partial charge in [-0.25, -0.2) is 4.79 Å². The van der Waals surface area contributed by atoms with Gasteiger partial charge in [-0.15, -0.1) is 0 Å². The lowest BCUT2D eigenvalue weighted by Crippen LogP contribution is -2.35. The van der Waals surface area contributed by atoms with Gasteiger partial charge in [0.25, 0.3) is 0 Å². The van der Waals surface area contributed by atoms with Crippen LogP contribution in [0.2, 0.25) is 0 Å². The van der Waals surface area contributed by atoms with Crippen LogP contribution in [0.3, 0.4) is 0 Å². The minimum atomic E-state index is -0.980. The Morgan fingerprint density at radius 2 is 2.14 bits per heavy atom. The van der Waals surface area contributed by atoms with Crippen LogP contribution in [0.4, 0.5) is 0 Å². The van der Waals surface area contributed by atoms with E-state index in [1.54, 1.807) is 19.1 Å². The highest BCUT2D eigenvalue weighted by atomic mass is 16.4. The number of hydrogen-bond acceptors (Lipinski definition) is 3. The van der Waals surface area contributed by atoms with Gasteiger partial charge < -0.3 is 10.0 Å². The molecular formula is C17H23NO3. The average Bonchev–Trinajstić information content (AvgIpc) is 2.45. The Bertz CT molecular complexity index is 539. The average molecular weight is 289 g/mol. The van der Waals surface area contributed by atoms with Crippen LogP contribution in [-0.2, 0) is 0 Å². The quantitative estimate of drug-likeness (QED) is 0.847. The summed E-state index contributed by atoms with van der Waals surface area (Å²) in [7, 11) is 0. The van der Waals surface area contributed by atoms with E-state index in [2.05, 4.69) is 11.8 Å². The summed E-state index contributed by atoms with van der Waals surface area (Å²) in [5.74, 6) is -0.255. The predicted molar refractivity (Wildman–Crippen MR) is 81.9 cm³/mol. The molecule has 0 bridgehead atoms. The summed E-state index contributed by atoms with van der Waals surface area (Å²) in [6, 6.07) is 4.93. The molecule has 1 aromatic carbocycles. The van der Waals surface area contributed by atoms with E-state index in [1.165, 1.54) is 18.9 Å². The highest BCUT2D eigenvalue weighted by molar-refractivity contribution is 5.99. The van der Waals surface area contributed by atoms with E-state index in [0.29, 0.717) is 23.5 Å². The third-order valence-corrected chi connectivity index (χ3v) is 4.19. The zero-order valence-corrected chi connectivity index (χ0v) is 12.8. The molecule has 0 radical (unpaired) electrons. The number of Topliss-reactive ketones (excluding diaryl/α,β-unsaturated/α-hetero) is 1. The first-order chi connectivity index (χ1) is 9.97. The van der Waals surface area contributed by atoms with Gasteiger partial charge in [0.2, 0.25) is 0 Å². The van der Waals surface area contributed by atoms with E-state index in [-0.39, 0.29) is 11.3 Å². The number of aryl methyl sites for hydroxylation is 1. The van der Waals surface area contributed by atoms with Gasteiger partial charge in [-0.1, -0.05) is 19.1 Å². The van der Waals surface area contributed by atoms with E-state index in [9.17, 15) is 9.59 Å². The van der Waals surface area contributed by atoms with Gasteiger partial charge in [-0.3, -0.25) is 4.79 Å². The molecule has 4 heteroatoms. The molecule has 2 rings (SSSR count). The molecule has 1 saturated heterocycles. The molecule has 0 aromatic heterocycles. The molecule has 1 aliphatic rings. The summed E-state index contributed by atoms with van der Waals surface area (Å²) in [5.41, 5.74) is 1.40. The van der Waals surface area contributed by atoms with Gasteiger partial charge in [0.15, 0.2) is 5.78 Å². The van der Waals surface area contributed by atoms with Crippen LogP contribution >= 0.6 is 0 Å². The molecule has 1 atom stereocenters. The highest BCUT2D eigenvalue weighted by Gasteiger charge is 2.18. The number of piperidine rings is 1. The van der Waals surface area contributed by atoms with Gasteiger partial charge in [-0.05, 0) is 43.9 Å². The van der Waals surface area contributed by atoms with Crippen molar-refractivity contribution in [2.45, 2.75) is 33.1 Å². The number of carboxylic acids is 1. The Kier molecular flexibility index (Phi) is 5.12. The fraction of sp³-hybridized carbons (Fsp3) is 0.529. The van der Waals surface area contributed by atoms with Crippen molar-refractivity contribution >= 4 is 11.8 Å². The fourth-order valence-electron chi connectivity index (χ4n) is 2.92. The van der Waals surface area contributed by atoms with Gasteiger partial charge in [-0.2, -0.15) is 0 Å². The zero-order chi connectivity index (χ0) is 15.4. The smallest absolute Gasteiger partial charge is 0.335 e. The van der Waals surface area contributed by atoms with Gasteiger partial charge in [0.05, 0.1) is 5.56 Å². The van der Waals surface area contributed by atoms with Crippen LogP contribution in [0.5, 0.6) is 0 Å². The number of carbonyl (C=O) groups is 2. The summed E-state index contributed by atoms with van der Waals surface area (Å²) < 4.78 is 0. The van der Waals surface area contributed by atoms with E-state index in [0.717, 1.165) is 19.6 Å². The maximum Gasteiger partial charge on any atom is 0.335 e. The first-order valence-electron chi connectivity index (χ1n) is 7.57. The Morgan fingerprint density at radius 1 is 1.38 bits per heavy atom. The summed E-state index contributed by atoms with van der Waals surface area (Å²) in [4.78, 5) is 25.7. The van der Waals surface area contributed by atoms with E-state index in [4.69, 9.17) is 5.11 Å². The van der Waals surface area contributed by atoms with Crippen molar-refractivity contribution in [3.8, 4) is 0 Å². The van der Waals surface area contributed by atoms with Gasteiger partial charge in [0, 0.05) is 25.1 Å². The van der Waals surface area contributed by atoms with Crippen molar-refractivity contribution in [2.75, 3.05) is 19.6 Å². The number of carbonyl (C=O) groups excluding carboxylic acids is 1. The zero-order valence-electron chi connectivity index (χ0n) is 12.8. The van der Waals surface area contributed by atoms with Crippen molar-refractivity contribution < 1.29 is 14.7 Å². The number of nitrogens with zero attached hydrogens (tertiary/aromatic N) is 1. The van der Waals surface area contributed by atoms with Crippen molar-refractivity contribution in [1.29, 1.82) is 0 Å². The summed E-state index contributed by atoms with van der Waals surface area (Å²) in [6.45, 7) is 6.87. The molecular weight excluding hydrogens is 266 g/mol. The standard InChI is InChI=1S/C17H23NO3/c1-12-4-3-8-18(11-12)9-7-16(19)14-6-5-13(2)15(10-14)17(20)21/h5-6,10,12H,3-4,7-9,11H2,1-2H3,(H,20,21). The Hall–Kier alpha value is -1.68. The van der Waals surface area contributed by atoms with Crippen LogP contribution in [0.15, 0.2) is 18.2 Å². The van der Waals surface area contributed by atoms with Crippen LogP contribution in [-0.4, -0.2) is 41.4 Å². The Labute approximate surface area is 125 Å². The Balaban J connectivity index is 1.97. The molecule has 1 aromatic rings. The molecule has 0 spiro atoms. The molecule has 1 unspecified atom stereocenters. The summed E-state index contributed by atoms with van der Waals surface area (Å²) in [6.07, 6.45) is 2.92. The minimum absolute atomic E-state index is 0.0238. The number of rotatable bonds is 5. The number of carboxylic acid groups (broad SMARTS) is 1. The Morgan fingerprint density at radius 3 is 2.81 bits per heavy atom. The largest absolute Gasteiger partial charge is 0.478 e. The van der Waals surface area contributed by atoms with E-state index in [1.807, 2.05) is 0 Å². The molecule has 0 amide bonds. The maximum absolute atomic E-state index is 12.2.